The van der Waals surface area contributed by atoms with Crippen molar-refractivity contribution in [1.29, 1.82) is 5.26 Å². The van der Waals surface area contributed by atoms with Crippen molar-refractivity contribution in [2.45, 2.75) is 13.3 Å². The molecule has 0 saturated heterocycles. The third-order valence-corrected chi connectivity index (χ3v) is 5.11. The zero-order chi connectivity index (χ0) is 12.1. The number of benzene rings is 1. The molecular weight excluding hydrogens is 432 g/mol. The Balaban J connectivity index is 3.07. The number of esters is 1. The maximum Gasteiger partial charge on any atom is 0.310 e. The highest BCUT2D eigenvalue weighted by molar-refractivity contribution is 14.1. The van der Waals surface area contributed by atoms with Gasteiger partial charge in [0.25, 0.3) is 0 Å². The molecular formula is C11H9I2NO2. The zero-order valence-corrected chi connectivity index (χ0v) is 12.9. The Morgan fingerprint density at radius 2 is 2.19 bits per heavy atom. The van der Waals surface area contributed by atoms with E-state index in [0.29, 0.717) is 12.2 Å². The average Bonchev–Trinajstić information content (AvgIpc) is 2.25. The molecule has 0 bridgehead atoms. The highest BCUT2D eigenvalue weighted by atomic mass is 127. The number of hydrogen-bond donors (Lipinski definition) is 0. The van der Waals surface area contributed by atoms with E-state index in [0.717, 1.165) is 12.7 Å². The van der Waals surface area contributed by atoms with Gasteiger partial charge in [-0.15, -0.1) is 0 Å². The fraction of sp³-hybridized carbons (Fsp3) is 0.273. The summed E-state index contributed by atoms with van der Waals surface area (Å²) in [6.45, 7) is 2.13. The Kier molecular flexibility index (Phi) is 5.48. The van der Waals surface area contributed by atoms with Crippen molar-refractivity contribution in [3.8, 4) is 6.07 Å². The van der Waals surface area contributed by atoms with Crippen LogP contribution in [-0.2, 0) is 16.0 Å². The van der Waals surface area contributed by atoms with Gasteiger partial charge in [-0.25, -0.2) is 0 Å². The number of hydrogen-bond acceptors (Lipinski definition) is 3. The van der Waals surface area contributed by atoms with Gasteiger partial charge < -0.3 is 4.74 Å². The minimum Gasteiger partial charge on any atom is -0.466 e. The number of nitriles is 1. The molecule has 0 saturated carbocycles. The molecule has 0 aromatic heterocycles. The average molecular weight is 441 g/mol. The molecule has 0 atom stereocenters. The van der Waals surface area contributed by atoms with Gasteiger partial charge >= 0.3 is 5.97 Å². The van der Waals surface area contributed by atoms with E-state index in [9.17, 15) is 4.79 Å². The molecule has 0 heterocycles. The Hall–Kier alpha value is -0.360. The summed E-state index contributed by atoms with van der Waals surface area (Å²) in [5, 5.41) is 8.97. The molecule has 0 aliphatic carbocycles. The second kappa shape index (κ2) is 6.39. The maximum atomic E-state index is 11.4. The third-order valence-electron chi connectivity index (χ3n) is 1.94. The quantitative estimate of drug-likeness (QED) is 0.536. The summed E-state index contributed by atoms with van der Waals surface area (Å²) in [6.07, 6.45) is 0.159. The standard InChI is InChI=1S/C11H9I2NO2/c1-2-16-10(15)5-8-7(6-14)3-4-9(12)11(8)13/h3-4H,2,5H2,1H3. The van der Waals surface area contributed by atoms with Crippen molar-refractivity contribution in [2.24, 2.45) is 0 Å². The monoisotopic (exact) mass is 441 g/mol. The van der Waals surface area contributed by atoms with E-state index in [-0.39, 0.29) is 12.4 Å². The Morgan fingerprint density at radius 3 is 2.75 bits per heavy atom. The molecule has 84 valence electrons. The van der Waals surface area contributed by atoms with Crippen LogP contribution >= 0.6 is 45.2 Å². The van der Waals surface area contributed by atoms with E-state index < -0.39 is 0 Å². The molecule has 1 aromatic carbocycles. The second-order valence-electron chi connectivity index (χ2n) is 2.98. The number of rotatable bonds is 3. The van der Waals surface area contributed by atoms with Crippen LogP contribution in [0.5, 0.6) is 0 Å². The first-order valence-corrected chi connectivity index (χ1v) is 6.78. The summed E-state index contributed by atoms with van der Waals surface area (Å²) in [6, 6.07) is 5.70. The molecule has 0 fully saturated rings. The summed E-state index contributed by atoms with van der Waals surface area (Å²) in [5.74, 6) is -0.293. The SMILES string of the molecule is CCOC(=O)Cc1c(C#N)ccc(I)c1I. The topological polar surface area (TPSA) is 50.1 Å². The molecule has 0 spiro atoms. The summed E-state index contributed by atoms with van der Waals surface area (Å²) < 4.78 is 6.87. The molecule has 0 aliphatic rings. The van der Waals surface area contributed by atoms with Crippen LogP contribution in [0, 0.1) is 18.5 Å². The molecule has 1 rings (SSSR count). The summed E-state index contributed by atoms with van der Waals surface area (Å²) in [7, 11) is 0. The van der Waals surface area contributed by atoms with E-state index in [1.54, 1.807) is 13.0 Å². The normalized spacial score (nSPS) is 9.62. The van der Waals surface area contributed by atoms with Crippen LogP contribution in [0.25, 0.3) is 0 Å². The third kappa shape index (κ3) is 3.31. The first kappa shape index (κ1) is 13.7. The number of halogens is 2. The first-order valence-electron chi connectivity index (χ1n) is 4.62. The van der Waals surface area contributed by atoms with Gasteiger partial charge in [-0.05, 0) is 69.8 Å². The van der Waals surface area contributed by atoms with Gasteiger partial charge in [-0.2, -0.15) is 5.26 Å². The second-order valence-corrected chi connectivity index (χ2v) is 5.22. The van der Waals surface area contributed by atoms with Crippen LogP contribution in [0.2, 0.25) is 0 Å². The van der Waals surface area contributed by atoms with Crippen LogP contribution in [0.4, 0.5) is 0 Å². The van der Waals surface area contributed by atoms with Crippen LogP contribution in [0.1, 0.15) is 18.1 Å². The Labute approximate surface area is 121 Å². The van der Waals surface area contributed by atoms with Crippen LogP contribution in [0.3, 0.4) is 0 Å². The molecule has 1 aromatic rings. The molecule has 3 nitrogen and oxygen atoms in total. The van der Waals surface area contributed by atoms with E-state index in [2.05, 4.69) is 51.3 Å². The molecule has 0 unspecified atom stereocenters. The van der Waals surface area contributed by atoms with Gasteiger partial charge in [-0.3, -0.25) is 4.79 Å². The largest absolute Gasteiger partial charge is 0.466 e. The lowest BCUT2D eigenvalue weighted by Gasteiger charge is -2.08. The van der Waals surface area contributed by atoms with Crippen molar-refractivity contribution in [3.05, 3.63) is 30.4 Å². The van der Waals surface area contributed by atoms with Gasteiger partial charge in [0.15, 0.2) is 0 Å². The predicted octanol–water partition coefficient (Wildman–Crippen LogP) is 2.87. The van der Waals surface area contributed by atoms with Crippen LogP contribution in [0.15, 0.2) is 12.1 Å². The smallest absolute Gasteiger partial charge is 0.310 e. The maximum absolute atomic E-state index is 11.4. The zero-order valence-electron chi connectivity index (χ0n) is 8.59. The summed E-state index contributed by atoms with van der Waals surface area (Å²) >= 11 is 4.33. The van der Waals surface area contributed by atoms with Crippen molar-refractivity contribution in [3.63, 3.8) is 0 Å². The van der Waals surface area contributed by atoms with E-state index >= 15 is 0 Å². The Morgan fingerprint density at radius 1 is 1.50 bits per heavy atom. The first-order chi connectivity index (χ1) is 7.60. The number of carbonyl (C=O) groups is 1. The molecule has 0 aliphatic heterocycles. The fourth-order valence-corrected chi connectivity index (χ4v) is 2.39. The lowest BCUT2D eigenvalue weighted by atomic mass is 10.1. The van der Waals surface area contributed by atoms with Crippen molar-refractivity contribution in [1.82, 2.24) is 0 Å². The van der Waals surface area contributed by atoms with Gasteiger partial charge in [0.2, 0.25) is 0 Å². The van der Waals surface area contributed by atoms with E-state index in [1.165, 1.54) is 0 Å². The number of carbonyl (C=O) groups excluding carboxylic acids is 1. The van der Waals surface area contributed by atoms with Gasteiger partial charge in [0.05, 0.1) is 24.7 Å². The lowest BCUT2D eigenvalue weighted by molar-refractivity contribution is -0.142. The summed E-state index contributed by atoms with van der Waals surface area (Å²) in [4.78, 5) is 11.4. The highest BCUT2D eigenvalue weighted by Crippen LogP contribution is 2.23. The minimum absolute atomic E-state index is 0.159. The minimum atomic E-state index is -0.293. The fourth-order valence-electron chi connectivity index (χ4n) is 1.23. The molecule has 5 heteroatoms. The van der Waals surface area contributed by atoms with Gasteiger partial charge in [-0.1, -0.05) is 0 Å². The summed E-state index contributed by atoms with van der Waals surface area (Å²) in [5.41, 5.74) is 1.30. The van der Waals surface area contributed by atoms with Crippen LogP contribution < -0.4 is 0 Å². The van der Waals surface area contributed by atoms with Crippen molar-refractivity contribution < 1.29 is 9.53 Å². The van der Waals surface area contributed by atoms with Crippen molar-refractivity contribution >= 4 is 51.2 Å². The van der Waals surface area contributed by atoms with Crippen LogP contribution in [-0.4, -0.2) is 12.6 Å². The van der Waals surface area contributed by atoms with E-state index in [1.807, 2.05) is 6.07 Å². The molecule has 16 heavy (non-hydrogen) atoms. The van der Waals surface area contributed by atoms with E-state index in [4.69, 9.17) is 10.00 Å². The highest BCUT2D eigenvalue weighted by Gasteiger charge is 2.14. The molecule has 0 N–H and O–H groups in total. The number of nitrogens with zero attached hydrogens (tertiary/aromatic N) is 1. The molecule has 0 amide bonds. The lowest BCUT2D eigenvalue weighted by Crippen LogP contribution is -2.10. The van der Waals surface area contributed by atoms with Gasteiger partial charge in [0.1, 0.15) is 0 Å². The predicted molar refractivity (Wildman–Crippen MR) is 76.9 cm³/mol. The Bertz CT molecular complexity index is 452. The number of ether oxygens (including phenoxy) is 1. The molecule has 0 radical (unpaired) electrons. The van der Waals surface area contributed by atoms with Crippen molar-refractivity contribution in [2.75, 3.05) is 6.61 Å². The van der Waals surface area contributed by atoms with Gasteiger partial charge in [0, 0.05) is 7.14 Å².